The van der Waals surface area contributed by atoms with E-state index in [-0.39, 0.29) is 5.75 Å². The van der Waals surface area contributed by atoms with Gasteiger partial charge in [0.1, 0.15) is 11.5 Å². The van der Waals surface area contributed by atoms with E-state index in [4.69, 9.17) is 4.74 Å². The summed E-state index contributed by atoms with van der Waals surface area (Å²) < 4.78 is 44.4. The minimum atomic E-state index is -4.63. The fourth-order valence-electron chi connectivity index (χ4n) is 1.36. The second-order valence-electron chi connectivity index (χ2n) is 2.92. The molecular formula is C9H7F3O2. The van der Waals surface area contributed by atoms with Crippen LogP contribution in [0.5, 0.6) is 11.5 Å². The van der Waals surface area contributed by atoms with Gasteiger partial charge in [0.2, 0.25) is 0 Å². The lowest BCUT2D eigenvalue weighted by atomic mass is 10.2. The number of benzene rings is 1. The highest BCUT2D eigenvalue weighted by molar-refractivity contribution is 5.42. The molecule has 0 radical (unpaired) electrons. The van der Waals surface area contributed by atoms with Gasteiger partial charge < -0.3 is 9.47 Å². The molecule has 0 saturated heterocycles. The third-order valence-electron chi connectivity index (χ3n) is 1.89. The molecule has 1 aliphatic rings. The van der Waals surface area contributed by atoms with Crippen molar-refractivity contribution < 1.29 is 22.6 Å². The van der Waals surface area contributed by atoms with Crippen molar-refractivity contribution in [2.75, 3.05) is 6.61 Å². The molecule has 0 fully saturated rings. The molecule has 76 valence electrons. The van der Waals surface area contributed by atoms with Gasteiger partial charge in [0, 0.05) is 12.0 Å². The summed E-state index contributed by atoms with van der Waals surface area (Å²) in [6, 6.07) is 4.09. The number of hydrogen-bond donors (Lipinski definition) is 0. The van der Waals surface area contributed by atoms with E-state index in [0.29, 0.717) is 18.8 Å². The third kappa shape index (κ3) is 1.92. The van der Waals surface area contributed by atoms with Gasteiger partial charge in [0.05, 0.1) is 6.61 Å². The van der Waals surface area contributed by atoms with E-state index in [2.05, 4.69) is 4.74 Å². The normalized spacial score (nSPS) is 14.8. The lowest BCUT2D eigenvalue weighted by molar-refractivity contribution is -0.274. The minimum absolute atomic E-state index is 0.193. The van der Waals surface area contributed by atoms with E-state index < -0.39 is 6.36 Å². The Kier molecular flexibility index (Phi) is 2.02. The van der Waals surface area contributed by atoms with Gasteiger partial charge in [-0.15, -0.1) is 13.2 Å². The summed E-state index contributed by atoms with van der Waals surface area (Å²) in [4.78, 5) is 0. The number of alkyl halides is 3. The van der Waals surface area contributed by atoms with Crippen LogP contribution in [0.4, 0.5) is 13.2 Å². The Hall–Kier alpha value is -1.39. The second-order valence-corrected chi connectivity index (χ2v) is 2.92. The van der Waals surface area contributed by atoms with Gasteiger partial charge in [-0.05, 0) is 18.2 Å². The van der Waals surface area contributed by atoms with Crippen LogP contribution in [-0.2, 0) is 6.42 Å². The van der Waals surface area contributed by atoms with E-state index in [1.165, 1.54) is 18.2 Å². The highest BCUT2D eigenvalue weighted by atomic mass is 19.4. The van der Waals surface area contributed by atoms with Crippen molar-refractivity contribution in [3.63, 3.8) is 0 Å². The van der Waals surface area contributed by atoms with Crippen LogP contribution in [0.2, 0.25) is 0 Å². The van der Waals surface area contributed by atoms with Gasteiger partial charge in [-0.1, -0.05) is 0 Å². The van der Waals surface area contributed by atoms with Crippen molar-refractivity contribution in [1.29, 1.82) is 0 Å². The number of ether oxygens (including phenoxy) is 2. The lowest BCUT2D eigenvalue weighted by Crippen LogP contribution is -2.17. The van der Waals surface area contributed by atoms with Gasteiger partial charge in [-0.2, -0.15) is 0 Å². The van der Waals surface area contributed by atoms with Gasteiger partial charge in [-0.3, -0.25) is 0 Å². The quantitative estimate of drug-likeness (QED) is 0.699. The van der Waals surface area contributed by atoms with Gasteiger partial charge in [0.25, 0.3) is 0 Å². The van der Waals surface area contributed by atoms with E-state index in [1.807, 2.05) is 0 Å². The third-order valence-corrected chi connectivity index (χ3v) is 1.89. The molecule has 0 bridgehead atoms. The van der Waals surface area contributed by atoms with E-state index in [0.717, 1.165) is 5.56 Å². The zero-order chi connectivity index (χ0) is 10.2. The van der Waals surface area contributed by atoms with Gasteiger partial charge in [0.15, 0.2) is 0 Å². The van der Waals surface area contributed by atoms with Gasteiger partial charge >= 0.3 is 6.36 Å². The Balaban J connectivity index is 2.21. The van der Waals surface area contributed by atoms with Crippen molar-refractivity contribution >= 4 is 0 Å². The molecule has 0 atom stereocenters. The Bertz CT molecular complexity index is 346. The van der Waals surface area contributed by atoms with E-state index >= 15 is 0 Å². The fraction of sp³-hybridized carbons (Fsp3) is 0.333. The molecule has 1 heterocycles. The molecule has 2 nitrogen and oxygen atoms in total. The van der Waals surface area contributed by atoms with E-state index in [9.17, 15) is 13.2 Å². The van der Waals surface area contributed by atoms with Gasteiger partial charge in [-0.25, -0.2) is 0 Å². The molecule has 0 N–H and O–H groups in total. The SMILES string of the molecule is FC(F)(F)Oc1ccc2c(c1)CCO2. The van der Waals surface area contributed by atoms with Crippen LogP contribution in [-0.4, -0.2) is 13.0 Å². The predicted molar refractivity (Wildman–Crippen MR) is 42.3 cm³/mol. The summed E-state index contributed by atoms with van der Waals surface area (Å²) in [5, 5.41) is 0. The van der Waals surface area contributed by atoms with Crippen LogP contribution in [0.3, 0.4) is 0 Å². The molecule has 1 aromatic carbocycles. The number of hydrogen-bond acceptors (Lipinski definition) is 2. The molecule has 0 aromatic heterocycles. The second kappa shape index (κ2) is 3.08. The first-order valence-corrected chi connectivity index (χ1v) is 4.06. The fourth-order valence-corrected chi connectivity index (χ4v) is 1.36. The van der Waals surface area contributed by atoms with Crippen LogP contribution >= 0.6 is 0 Å². The Morgan fingerprint density at radius 3 is 2.79 bits per heavy atom. The first-order chi connectivity index (χ1) is 6.54. The summed E-state index contributed by atoms with van der Waals surface area (Å²) in [5.74, 6) is 0.446. The molecule has 0 aliphatic carbocycles. The summed E-state index contributed by atoms with van der Waals surface area (Å²) in [5.41, 5.74) is 0.756. The van der Waals surface area contributed by atoms with Crippen molar-refractivity contribution in [3.8, 4) is 11.5 Å². The van der Waals surface area contributed by atoms with Crippen molar-refractivity contribution in [2.45, 2.75) is 12.8 Å². The molecule has 5 heteroatoms. The molecular weight excluding hydrogens is 197 g/mol. The predicted octanol–water partition coefficient (Wildman–Crippen LogP) is 2.52. The topological polar surface area (TPSA) is 18.5 Å². The lowest BCUT2D eigenvalue weighted by Gasteiger charge is -2.09. The molecule has 0 spiro atoms. The summed E-state index contributed by atoms with van der Waals surface area (Å²) >= 11 is 0. The Labute approximate surface area is 78.2 Å². The number of rotatable bonds is 1. The monoisotopic (exact) mass is 204 g/mol. The van der Waals surface area contributed by atoms with Crippen LogP contribution < -0.4 is 9.47 Å². The van der Waals surface area contributed by atoms with Crippen LogP contribution in [0, 0.1) is 0 Å². The van der Waals surface area contributed by atoms with Crippen molar-refractivity contribution in [2.24, 2.45) is 0 Å². The zero-order valence-electron chi connectivity index (χ0n) is 7.10. The summed E-state index contributed by atoms with van der Waals surface area (Å²) in [7, 11) is 0. The number of halogens is 3. The standard InChI is InChI=1S/C9H7F3O2/c10-9(11,12)14-7-1-2-8-6(5-7)3-4-13-8/h1-2,5H,3-4H2. The Morgan fingerprint density at radius 1 is 1.29 bits per heavy atom. The Morgan fingerprint density at radius 2 is 2.07 bits per heavy atom. The molecule has 1 aliphatic heterocycles. The smallest absolute Gasteiger partial charge is 0.493 e. The van der Waals surface area contributed by atoms with Crippen molar-refractivity contribution in [1.82, 2.24) is 0 Å². The van der Waals surface area contributed by atoms with Crippen LogP contribution in [0.15, 0.2) is 18.2 Å². The van der Waals surface area contributed by atoms with Crippen LogP contribution in [0.25, 0.3) is 0 Å². The largest absolute Gasteiger partial charge is 0.573 e. The molecule has 2 rings (SSSR count). The zero-order valence-corrected chi connectivity index (χ0v) is 7.10. The average molecular weight is 204 g/mol. The van der Waals surface area contributed by atoms with Crippen LogP contribution in [0.1, 0.15) is 5.56 Å². The molecule has 0 amide bonds. The number of fused-ring (bicyclic) bond motifs is 1. The highest BCUT2D eigenvalue weighted by Gasteiger charge is 2.31. The molecule has 14 heavy (non-hydrogen) atoms. The highest BCUT2D eigenvalue weighted by Crippen LogP contribution is 2.31. The molecule has 0 unspecified atom stereocenters. The first-order valence-electron chi connectivity index (χ1n) is 4.06. The maximum Gasteiger partial charge on any atom is 0.573 e. The first kappa shape index (κ1) is 9.18. The van der Waals surface area contributed by atoms with E-state index in [1.54, 1.807) is 0 Å². The average Bonchev–Trinajstić information content (AvgIpc) is 2.47. The molecule has 1 aromatic rings. The van der Waals surface area contributed by atoms with Crippen molar-refractivity contribution in [3.05, 3.63) is 23.8 Å². The maximum atomic E-state index is 11.8. The summed E-state index contributed by atoms with van der Waals surface area (Å²) in [6.45, 7) is 0.519. The summed E-state index contributed by atoms with van der Waals surface area (Å²) in [6.07, 6.45) is -4.00. The molecule has 0 saturated carbocycles. The maximum absolute atomic E-state index is 11.8. The minimum Gasteiger partial charge on any atom is -0.493 e.